The van der Waals surface area contributed by atoms with Crippen LogP contribution in [0.15, 0.2) is 36.5 Å². The van der Waals surface area contributed by atoms with Crippen molar-refractivity contribution in [1.29, 1.82) is 5.26 Å². The monoisotopic (exact) mass is 367 g/mol. The summed E-state index contributed by atoms with van der Waals surface area (Å²) in [5.41, 5.74) is -0.223. The van der Waals surface area contributed by atoms with E-state index in [4.69, 9.17) is 10.00 Å². The van der Waals surface area contributed by atoms with Crippen LogP contribution in [-0.2, 0) is 0 Å². The van der Waals surface area contributed by atoms with Gasteiger partial charge in [-0.15, -0.1) is 0 Å². The molecule has 2 aromatic rings. The number of ether oxygens (including phenoxy) is 1. The highest BCUT2D eigenvalue weighted by Gasteiger charge is 2.13. The van der Waals surface area contributed by atoms with Crippen LogP contribution in [0.4, 0.5) is 5.69 Å². The second-order valence-electron chi connectivity index (χ2n) is 3.47. The maximum Gasteiger partial charge on any atom is 0.289 e. The highest BCUT2D eigenvalue weighted by Crippen LogP contribution is 2.25. The van der Waals surface area contributed by atoms with Crippen molar-refractivity contribution in [3.8, 4) is 17.7 Å². The van der Waals surface area contributed by atoms with Crippen molar-refractivity contribution in [3.05, 3.63) is 55.8 Å². The molecule has 1 aromatic carbocycles. The Hall–Kier alpha value is -2.21. The zero-order valence-electron chi connectivity index (χ0n) is 9.41. The molecule has 6 nitrogen and oxygen atoms in total. The molecule has 1 aromatic heterocycles. The predicted octanol–water partition coefficient (Wildman–Crippen LogP) is 3.26. The molecular weight excluding hydrogens is 361 g/mol. The lowest BCUT2D eigenvalue weighted by Crippen LogP contribution is -1.95. The van der Waals surface area contributed by atoms with Crippen molar-refractivity contribution >= 4 is 28.3 Å². The molecule has 0 N–H and O–H groups in total. The first kappa shape index (κ1) is 13.2. The summed E-state index contributed by atoms with van der Waals surface area (Å²) >= 11 is 2.15. The molecule has 1 heterocycles. The Labute approximate surface area is 121 Å². The fourth-order valence-corrected chi connectivity index (χ4v) is 1.68. The van der Waals surface area contributed by atoms with Crippen LogP contribution in [-0.4, -0.2) is 9.91 Å². The Bertz CT molecular complexity index is 665. The van der Waals surface area contributed by atoms with E-state index >= 15 is 0 Å². The van der Waals surface area contributed by atoms with Crippen LogP contribution in [0.2, 0.25) is 0 Å². The van der Waals surface area contributed by atoms with Crippen molar-refractivity contribution in [1.82, 2.24) is 4.98 Å². The van der Waals surface area contributed by atoms with E-state index in [1.165, 1.54) is 0 Å². The van der Waals surface area contributed by atoms with Gasteiger partial charge in [0.2, 0.25) is 5.88 Å². The molecule has 0 radical (unpaired) electrons. The number of hydrogen-bond acceptors (Lipinski definition) is 5. The van der Waals surface area contributed by atoms with Gasteiger partial charge >= 0.3 is 0 Å². The normalized spacial score (nSPS) is 9.68. The molecule has 19 heavy (non-hydrogen) atoms. The third kappa shape index (κ3) is 3.17. The van der Waals surface area contributed by atoms with Gasteiger partial charge in [-0.2, -0.15) is 5.26 Å². The second kappa shape index (κ2) is 5.62. The maximum atomic E-state index is 10.6. The zero-order valence-corrected chi connectivity index (χ0v) is 11.6. The molecule has 2 rings (SSSR count). The fourth-order valence-electron chi connectivity index (χ4n) is 1.32. The van der Waals surface area contributed by atoms with Gasteiger partial charge in [0.1, 0.15) is 23.6 Å². The van der Waals surface area contributed by atoms with E-state index < -0.39 is 4.92 Å². The average molecular weight is 367 g/mol. The summed E-state index contributed by atoms with van der Waals surface area (Å²) < 4.78 is 6.47. The molecule has 7 heteroatoms. The topological polar surface area (TPSA) is 89.0 Å². The first-order valence-electron chi connectivity index (χ1n) is 5.08. The van der Waals surface area contributed by atoms with E-state index in [0.717, 1.165) is 15.8 Å². The maximum absolute atomic E-state index is 10.6. The van der Waals surface area contributed by atoms with Crippen molar-refractivity contribution in [2.75, 3.05) is 0 Å². The number of benzene rings is 1. The molecule has 0 atom stereocenters. The fraction of sp³-hybridized carbons (Fsp3) is 0. The highest BCUT2D eigenvalue weighted by molar-refractivity contribution is 14.1. The lowest BCUT2D eigenvalue weighted by molar-refractivity contribution is -0.385. The van der Waals surface area contributed by atoms with Crippen molar-refractivity contribution in [2.24, 2.45) is 0 Å². The van der Waals surface area contributed by atoms with Crippen LogP contribution in [0.25, 0.3) is 0 Å². The number of aromatic nitrogens is 1. The molecule has 94 valence electrons. The quantitative estimate of drug-likeness (QED) is 0.472. The Morgan fingerprint density at radius 2 is 2.05 bits per heavy atom. The number of halogens is 1. The minimum Gasteiger partial charge on any atom is -0.438 e. The summed E-state index contributed by atoms with van der Waals surface area (Å²) in [6.07, 6.45) is 1.06. The number of nitriles is 1. The summed E-state index contributed by atoms with van der Waals surface area (Å²) in [6.45, 7) is 0. The molecular formula is C12H6IN3O3. The van der Waals surface area contributed by atoms with Gasteiger partial charge in [0.05, 0.1) is 4.92 Å². The number of pyridine rings is 1. The molecule has 0 amide bonds. The summed E-state index contributed by atoms with van der Waals surface area (Å²) in [4.78, 5) is 13.8. The molecule has 0 fully saturated rings. The van der Waals surface area contributed by atoms with E-state index in [2.05, 4.69) is 27.6 Å². The van der Waals surface area contributed by atoms with Crippen LogP contribution in [0.5, 0.6) is 11.6 Å². The SMILES string of the molecule is N#Cc1cc([N+](=O)[O-])cnc1Oc1ccc(I)cc1. The minimum atomic E-state index is -0.609. The standard InChI is InChI=1S/C12H6IN3O3/c13-9-1-3-11(4-2-9)19-12-8(6-14)5-10(7-15-12)16(17)18/h1-5,7H. The molecule has 0 bridgehead atoms. The number of hydrogen-bond donors (Lipinski definition) is 0. The van der Waals surface area contributed by atoms with Gasteiger partial charge in [0.15, 0.2) is 0 Å². The van der Waals surface area contributed by atoms with E-state index in [-0.39, 0.29) is 17.1 Å². The van der Waals surface area contributed by atoms with E-state index in [1.54, 1.807) is 12.1 Å². The molecule has 0 spiro atoms. The third-order valence-corrected chi connectivity index (χ3v) is 2.92. The van der Waals surface area contributed by atoms with Gasteiger partial charge in [-0.3, -0.25) is 10.1 Å². The lowest BCUT2D eigenvalue weighted by Gasteiger charge is -2.05. The van der Waals surface area contributed by atoms with Gasteiger partial charge in [0, 0.05) is 9.64 Å². The zero-order chi connectivity index (χ0) is 13.8. The van der Waals surface area contributed by atoms with Crippen molar-refractivity contribution < 1.29 is 9.66 Å². The number of nitrogens with zero attached hydrogens (tertiary/aromatic N) is 3. The van der Waals surface area contributed by atoms with Gasteiger partial charge < -0.3 is 4.74 Å². The summed E-state index contributed by atoms with van der Waals surface area (Å²) in [7, 11) is 0. The Morgan fingerprint density at radius 1 is 1.37 bits per heavy atom. The molecule has 0 unspecified atom stereocenters. The van der Waals surface area contributed by atoms with Gasteiger partial charge in [0.25, 0.3) is 5.69 Å². The molecule has 0 aliphatic rings. The molecule has 0 aliphatic carbocycles. The van der Waals surface area contributed by atoms with Gasteiger partial charge in [-0.25, -0.2) is 4.98 Å². The first-order valence-corrected chi connectivity index (χ1v) is 6.16. The minimum absolute atomic E-state index is 0.0211. The van der Waals surface area contributed by atoms with Gasteiger partial charge in [-0.1, -0.05) is 0 Å². The predicted molar refractivity (Wildman–Crippen MR) is 74.8 cm³/mol. The van der Waals surface area contributed by atoms with Gasteiger partial charge in [-0.05, 0) is 46.9 Å². The van der Waals surface area contributed by atoms with E-state index in [0.29, 0.717) is 5.75 Å². The van der Waals surface area contributed by atoms with Crippen LogP contribution in [0.1, 0.15) is 5.56 Å². The highest BCUT2D eigenvalue weighted by atomic mass is 127. The average Bonchev–Trinajstić information content (AvgIpc) is 2.41. The number of rotatable bonds is 3. The lowest BCUT2D eigenvalue weighted by atomic mass is 10.2. The smallest absolute Gasteiger partial charge is 0.289 e. The Kier molecular flexibility index (Phi) is 3.91. The van der Waals surface area contributed by atoms with Crippen LogP contribution in [0, 0.1) is 25.0 Å². The summed E-state index contributed by atoms with van der Waals surface area (Å²) in [5.74, 6) is 0.563. The van der Waals surface area contributed by atoms with Crippen LogP contribution >= 0.6 is 22.6 Å². The Morgan fingerprint density at radius 3 is 2.63 bits per heavy atom. The molecule has 0 saturated carbocycles. The van der Waals surface area contributed by atoms with E-state index in [9.17, 15) is 10.1 Å². The Balaban J connectivity index is 2.33. The second-order valence-corrected chi connectivity index (χ2v) is 4.72. The summed E-state index contributed by atoms with van der Waals surface area (Å²) in [6, 6.07) is 10.1. The van der Waals surface area contributed by atoms with E-state index in [1.807, 2.05) is 18.2 Å². The van der Waals surface area contributed by atoms with Crippen LogP contribution < -0.4 is 4.74 Å². The largest absolute Gasteiger partial charge is 0.438 e. The van der Waals surface area contributed by atoms with Crippen molar-refractivity contribution in [2.45, 2.75) is 0 Å². The molecule has 0 aliphatic heterocycles. The van der Waals surface area contributed by atoms with Crippen molar-refractivity contribution in [3.63, 3.8) is 0 Å². The number of nitro groups is 1. The van der Waals surface area contributed by atoms with Crippen LogP contribution in [0.3, 0.4) is 0 Å². The first-order chi connectivity index (χ1) is 9.10. The third-order valence-electron chi connectivity index (χ3n) is 2.20. The summed E-state index contributed by atoms with van der Waals surface area (Å²) in [5, 5.41) is 19.5. The molecule has 0 saturated heterocycles.